The molecule has 0 fully saturated rings. The number of thioether (sulfide) groups is 1. The van der Waals surface area contributed by atoms with E-state index < -0.39 is 0 Å². The van der Waals surface area contributed by atoms with Crippen LogP contribution >= 0.6 is 11.8 Å². The van der Waals surface area contributed by atoms with Crippen LogP contribution in [-0.4, -0.2) is 39.7 Å². The van der Waals surface area contributed by atoms with Crippen molar-refractivity contribution in [3.05, 3.63) is 65.7 Å². The van der Waals surface area contributed by atoms with E-state index in [-0.39, 0.29) is 11.2 Å². The van der Waals surface area contributed by atoms with Crippen LogP contribution in [0.4, 0.5) is 0 Å². The van der Waals surface area contributed by atoms with Gasteiger partial charge in [0.1, 0.15) is 5.25 Å². The quantitative estimate of drug-likeness (QED) is 0.602. The van der Waals surface area contributed by atoms with Gasteiger partial charge in [0, 0.05) is 26.2 Å². The first-order chi connectivity index (χ1) is 13.0. The highest BCUT2D eigenvalue weighted by atomic mass is 32.2. The van der Waals surface area contributed by atoms with Gasteiger partial charge in [-0.15, -0.1) is 10.2 Å². The molecular weight excluding hydrogens is 356 g/mol. The Hall–Kier alpha value is -2.60. The van der Waals surface area contributed by atoms with Gasteiger partial charge in [-0.1, -0.05) is 66.4 Å². The average molecular weight is 381 g/mol. The van der Waals surface area contributed by atoms with Crippen molar-refractivity contribution in [2.24, 2.45) is 0 Å². The number of aryl methyl sites for hydroxylation is 1. The summed E-state index contributed by atoms with van der Waals surface area (Å²) >= 11 is 1.45. The van der Waals surface area contributed by atoms with Gasteiger partial charge in [0.15, 0.2) is 11.0 Å². The van der Waals surface area contributed by atoms with Crippen molar-refractivity contribution < 1.29 is 4.79 Å². The molecule has 0 aliphatic carbocycles. The van der Waals surface area contributed by atoms with E-state index in [2.05, 4.69) is 40.7 Å². The molecule has 1 amide bonds. The van der Waals surface area contributed by atoms with E-state index in [0.29, 0.717) is 0 Å². The molecule has 0 saturated carbocycles. The Bertz CT molecular complexity index is 921. The first kappa shape index (κ1) is 19.2. The number of hydrogen-bond acceptors (Lipinski definition) is 4. The highest BCUT2D eigenvalue weighted by Crippen LogP contribution is 2.37. The predicted octanol–water partition coefficient (Wildman–Crippen LogP) is 4.20. The molecule has 5 nitrogen and oxygen atoms in total. The summed E-state index contributed by atoms with van der Waals surface area (Å²) in [6.07, 6.45) is 0. The maximum Gasteiger partial charge on any atom is 0.240 e. The molecule has 0 unspecified atom stereocenters. The number of amides is 1. The molecule has 27 heavy (non-hydrogen) atoms. The standard InChI is InChI=1S/C21H24N4OS/c1-5-25-19(17-14-10-9-11-15(17)2)22-23-21(25)27-18(20(26)24(3)4)16-12-7-6-8-13-16/h6-14,18H,5H2,1-4H3/t18-/m0/s1. The van der Waals surface area contributed by atoms with Gasteiger partial charge in [-0.3, -0.25) is 4.79 Å². The van der Waals surface area contributed by atoms with Crippen molar-refractivity contribution in [1.82, 2.24) is 19.7 Å². The molecule has 3 rings (SSSR count). The molecule has 0 bridgehead atoms. The fourth-order valence-electron chi connectivity index (χ4n) is 2.91. The Morgan fingerprint density at radius 3 is 2.37 bits per heavy atom. The van der Waals surface area contributed by atoms with Crippen molar-refractivity contribution in [1.29, 1.82) is 0 Å². The van der Waals surface area contributed by atoms with Gasteiger partial charge in [-0.05, 0) is 25.0 Å². The molecule has 0 aliphatic rings. The lowest BCUT2D eigenvalue weighted by atomic mass is 10.1. The molecule has 0 aliphatic heterocycles. The first-order valence-electron chi connectivity index (χ1n) is 8.95. The second-order valence-corrected chi connectivity index (χ2v) is 7.58. The zero-order valence-corrected chi connectivity index (χ0v) is 16.9. The maximum absolute atomic E-state index is 12.8. The molecule has 140 valence electrons. The van der Waals surface area contributed by atoms with Crippen LogP contribution in [0.2, 0.25) is 0 Å². The van der Waals surface area contributed by atoms with Crippen LogP contribution in [0.15, 0.2) is 59.8 Å². The second-order valence-electron chi connectivity index (χ2n) is 6.51. The van der Waals surface area contributed by atoms with Crippen molar-refractivity contribution >= 4 is 17.7 Å². The number of likely N-dealkylation sites (N-methyl/N-ethyl adjacent to an activating group) is 1. The predicted molar refractivity (Wildman–Crippen MR) is 110 cm³/mol. The van der Waals surface area contributed by atoms with Crippen LogP contribution in [0.3, 0.4) is 0 Å². The minimum atomic E-state index is -0.361. The molecular formula is C21H24N4OS. The second kappa shape index (κ2) is 8.39. The largest absolute Gasteiger partial charge is 0.348 e. The lowest BCUT2D eigenvalue weighted by Gasteiger charge is -2.20. The van der Waals surface area contributed by atoms with Gasteiger partial charge in [0.05, 0.1) is 0 Å². The van der Waals surface area contributed by atoms with Gasteiger partial charge >= 0.3 is 0 Å². The van der Waals surface area contributed by atoms with Gasteiger partial charge < -0.3 is 9.47 Å². The fourth-order valence-corrected chi connectivity index (χ4v) is 4.16. The van der Waals surface area contributed by atoms with E-state index in [9.17, 15) is 4.79 Å². The summed E-state index contributed by atoms with van der Waals surface area (Å²) in [5, 5.41) is 9.24. The number of carbonyl (C=O) groups is 1. The number of aromatic nitrogens is 3. The lowest BCUT2D eigenvalue weighted by molar-refractivity contribution is -0.128. The molecule has 1 aromatic heterocycles. The van der Waals surface area contributed by atoms with E-state index in [1.165, 1.54) is 11.8 Å². The first-order valence-corrected chi connectivity index (χ1v) is 9.82. The van der Waals surface area contributed by atoms with Gasteiger partial charge in [-0.25, -0.2) is 0 Å². The van der Waals surface area contributed by atoms with E-state index in [0.717, 1.165) is 34.2 Å². The molecule has 0 saturated heterocycles. The average Bonchev–Trinajstić information content (AvgIpc) is 3.09. The molecule has 0 spiro atoms. The number of rotatable bonds is 6. The van der Waals surface area contributed by atoms with Crippen LogP contribution in [0.25, 0.3) is 11.4 Å². The minimum Gasteiger partial charge on any atom is -0.348 e. The van der Waals surface area contributed by atoms with Crippen LogP contribution in [0.5, 0.6) is 0 Å². The molecule has 3 aromatic rings. The summed E-state index contributed by atoms with van der Waals surface area (Å²) in [5.41, 5.74) is 3.18. The van der Waals surface area contributed by atoms with Crippen molar-refractivity contribution in [3.63, 3.8) is 0 Å². The Morgan fingerprint density at radius 1 is 1.07 bits per heavy atom. The molecule has 1 atom stereocenters. The molecule has 1 heterocycles. The van der Waals surface area contributed by atoms with Gasteiger partial charge in [0.2, 0.25) is 5.91 Å². The Balaban J connectivity index is 2.00. The van der Waals surface area contributed by atoms with Gasteiger partial charge in [0.25, 0.3) is 0 Å². The number of carbonyl (C=O) groups excluding carboxylic acids is 1. The van der Waals surface area contributed by atoms with E-state index >= 15 is 0 Å². The number of nitrogens with zero attached hydrogens (tertiary/aromatic N) is 4. The van der Waals surface area contributed by atoms with Crippen molar-refractivity contribution in [3.8, 4) is 11.4 Å². The number of benzene rings is 2. The molecule has 2 aromatic carbocycles. The molecule has 0 radical (unpaired) electrons. The summed E-state index contributed by atoms with van der Waals surface area (Å²) in [6.45, 7) is 4.87. The Labute approximate surface area is 164 Å². The summed E-state index contributed by atoms with van der Waals surface area (Å²) < 4.78 is 2.08. The molecule has 6 heteroatoms. The fraction of sp³-hybridized carbons (Fsp3) is 0.286. The van der Waals surface area contributed by atoms with E-state index in [4.69, 9.17) is 0 Å². The number of hydrogen-bond donors (Lipinski definition) is 0. The Morgan fingerprint density at radius 2 is 1.74 bits per heavy atom. The maximum atomic E-state index is 12.8. The highest BCUT2D eigenvalue weighted by Gasteiger charge is 2.27. The third kappa shape index (κ3) is 4.06. The van der Waals surface area contributed by atoms with Crippen molar-refractivity contribution in [2.45, 2.75) is 30.8 Å². The Kier molecular flexibility index (Phi) is 5.96. The van der Waals surface area contributed by atoms with Gasteiger partial charge in [-0.2, -0.15) is 0 Å². The zero-order chi connectivity index (χ0) is 19.4. The summed E-state index contributed by atoms with van der Waals surface area (Å²) in [6, 6.07) is 18.0. The van der Waals surface area contributed by atoms with Crippen LogP contribution < -0.4 is 0 Å². The van der Waals surface area contributed by atoms with E-state index in [1.54, 1.807) is 19.0 Å². The minimum absolute atomic E-state index is 0.0364. The summed E-state index contributed by atoms with van der Waals surface area (Å²) in [7, 11) is 3.56. The van der Waals surface area contributed by atoms with Crippen LogP contribution in [0.1, 0.15) is 23.3 Å². The monoisotopic (exact) mass is 380 g/mol. The topological polar surface area (TPSA) is 51.0 Å². The van der Waals surface area contributed by atoms with Crippen molar-refractivity contribution in [2.75, 3.05) is 14.1 Å². The zero-order valence-electron chi connectivity index (χ0n) is 16.1. The smallest absolute Gasteiger partial charge is 0.240 e. The van der Waals surface area contributed by atoms with Crippen LogP contribution in [-0.2, 0) is 11.3 Å². The third-order valence-electron chi connectivity index (χ3n) is 4.41. The normalized spacial score (nSPS) is 12.0. The molecule has 0 N–H and O–H groups in total. The summed E-state index contributed by atoms with van der Waals surface area (Å²) in [4.78, 5) is 14.5. The highest BCUT2D eigenvalue weighted by molar-refractivity contribution is 8.00. The SMILES string of the molecule is CCn1c(S[C@H](C(=O)N(C)C)c2ccccc2)nnc1-c1ccccc1C. The van der Waals surface area contributed by atoms with E-state index in [1.807, 2.05) is 42.5 Å². The van der Waals surface area contributed by atoms with Crippen LogP contribution in [0, 0.1) is 6.92 Å². The third-order valence-corrected chi connectivity index (χ3v) is 5.63. The summed E-state index contributed by atoms with van der Waals surface area (Å²) in [5.74, 6) is 0.872. The lowest BCUT2D eigenvalue weighted by Crippen LogP contribution is -2.27.